The summed E-state index contributed by atoms with van der Waals surface area (Å²) in [6, 6.07) is 15.2. The number of likely N-dealkylation sites (tertiary alicyclic amines) is 1. The zero-order valence-corrected chi connectivity index (χ0v) is 20.3. The summed E-state index contributed by atoms with van der Waals surface area (Å²) in [5.41, 5.74) is 8.59. The van der Waals surface area contributed by atoms with E-state index in [-0.39, 0.29) is 17.6 Å². The van der Waals surface area contributed by atoms with Crippen LogP contribution in [0.15, 0.2) is 54.7 Å². The Morgan fingerprint density at radius 3 is 2.54 bits per heavy atom. The lowest BCUT2D eigenvalue weighted by Gasteiger charge is -2.40. The third-order valence-electron chi connectivity index (χ3n) is 7.63. The van der Waals surface area contributed by atoms with E-state index in [1.54, 1.807) is 18.7 Å². The fourth-order valence-corrected chi connectivity index (χ4v) is 5.58. The zero-order chi connectivity index (χ0) is 24.8. The van der Waals surface area contributed by atoms with Gasteiger partial charge in [-0.15, -0.1) is 0 Å². The van der Waals surface area contributed by atoms with Crippen LogP contribution in [0, 0.1) is 0 Å². The molecule has 2 aliphatic rings. The molecule has 2 amide bonds. The minimum atomic E-state index is -1.11. The van der Waals surface area contributed by atoms with Crippen molar-refractivity contribution in [3.8, 4) is 0 Å². The average molecular weight is 473 g/mol. The normalized spacial score (nSPS) is 18.0. The molecule has 35 heavy (non-hydrogen) atoms. The van der Waals surface area contributed by atoms with Crippen LogP contribution in [0.3, 0.4) is 0 Å². The molecule has 1 spiro atoms. The molecule has 2 aromatic carbocycles. The fraction of sp³-hybridized carbons (Fsp3) is 0.393. The van der Waals surface area contributed by atoms with Crippen molar-refractivity contribution in [2.24, 2.45) is 5.73 Å². The molecule has 0 bridgehead atoms. The van der Waals surface area contributed by atoms with Gasteiger partial charge in [0, 0.05) is 43.0 Å². The third kappa shape index (κ3) is 4.14. The van der Waals surface area contributed by atoms with Gasteiger partial charge in [0.05, 0.1) is 11.0 Å². The van der Waals surface area contributed by atoms with E-state index in [1.807, 2.05) is 48.7 Å². The highest BCUT2D eigenvalue weighted by Gasteiger charge is 2.48. The summed E-state index contributed by atoms with van der Waals surface area (Å²) in [5.74, 6) is -0.259. The minimum absolute atomic E-state index is 0.138. The highest BCUT2D eigenvalue weighted by atomic mass is 16.2. The van der Waals surface area contributed by atoms with Gasteiger partial charge in [0.1, 0.15) is 11.8 Å². The van der Waals surface area contributed by atoms with Crippen LogP contribution in [-0.4, -0.2) is 52.2 Å². The van der Waals surface area contributed by atoms with E-state index in [4.69, 9.17) is 5.73 Å². The molecule has 3 aromatic rings. The lowest BCUT2D eigenvalue weighted by molar-refractivity contribution is -0.140. The Morgan fingerprint density at radius 1 is 1.11 bits per heavy atom. The van der Waals surface area contributed by atoms with Crippen molar-refractivity contribution in [3.05, 3.63) is 71.4 Å². The van der Waals surface area contributed by atoms with Crippen molar-refractivity contribution in [1.82, 2.24) is 15.2 Å². The van der Waals surface area contributed by atoms with Crippen molar-refractivity contribution in [2.75, 3.05) is 13.1 Å². The molecule has 0 radical (unpaired) electrons. The SMILES string of the molecule is CC(C)(N)C(=O)NC(Cc1c[nH]c2ccccc12)C(=O)N1CCC2(CC1)C(=O)Cc1ccccc12. The molecule has 2 heterocycles. The average Bonchev–Trinajstić information content (AvgIpc) is 3.37. The maximum absolute atomic E-state index is 13.7. The van der Waals surface area contributed by atoms with E-state index in [0.717, 1.165) is 27.6 Å². The number of H-pyrrole nitrogens is 1. The number of nitrogens with two attached hydrogens (primary N) is 1. The van der Waals surface area contributed by atoms with Crippen LogP contribution in [0.2, 0.25) is 0 Å². The van der Waals surface area contributed by atoms with Crippen LogP contribution in [-0.2, 0) is 32.6 Å². The number of benzene rings is 2. The topological polar surface area (TPSA) is 108 Å². The minimum Gasteiger partial charge on any atom is -0.361 e. The van der Waals surface area contributed by atoms with E-state index >= 15 is 0 Å². The number of piperidine rings is 1. The molecule has 1 fully saturated rings. The Hall–Kier alpha value is -3.45. The molecule has 1 saturated heterocycles. The highest BCUT2D eigenvalue weighted by molar-refractivity contribution is 5.97. The quantitative estimate of drug-likeness (QED) is 0.530. The molecule has 1 aromatic heterocycles. The first-order valence-electron chi connectivity index (χ1n) is 12.2. The van der Waals surface area contributed by atoms with Gasteiger partial charge in [-0.05, 0) is 49.4 Å². The molecular weight excluding hydrogens is 440 g/mol. The maximum atomic E-state index is 13.7. The monoisotopic (exact) mass is 472 g/mol. The van der Waals surface area contributed by atoms with Gasteiger partial charge in [0.25, 0.3) is 0 Å². The van der Waals surface area contributed by atoms with Crippen molar-refractivity contribution < 1.29 is 14.4 Å². The number of hydrogen-bond donors (Lipinski definition) is 3. The van der Waals surface area contributed by atoms with Crippen LogP contribution >= 0.6 is 0 Å². The molecule has 7 nitrogen and oxygen atoms in total. The van der Waals surface area contributed by atoms with Crippen molar-refractivity contribution in [2.45, 2.75) is 56.5 Å². The van der Waals surface area contributed by atoms with Crippen LogP contribution in [0.4, 0.5) is 0 Å². The van der Waals surface area contributed by atoms with E-state index < -0.39 is 17.0 Å². The molecular formula is C28H32N4O3. The number of fused-ring (bicyclic) bond motifs is 3. The second-order valence-electron chi connectivity index (χ2n) is 10.5. The Bertz CT molecular complexity index is 1290. The zero-order valence-electron chi connectivity index (χ0n) is 20.3. The van der Waals surface area contributed by atoms with Crippen molar-refractivity contribution in [3.63, 3.8) is 0 Å². The summed E-state index contributed by atoms with van der Waals surface area (Å²) >= 11 is 0. The highest BCUT2D eigenvalue weighted by Crippen LogP contribution is 2.44. The van der Waals surface area contributed by atoms with Gasteiger partial charge in [0.2, 0.25) is 11.8 Å². The lowest BCUT2D eigenvalue weighted by atomic mass is 9.73. The number of carbonyl (C=O) groups is 3. The van der Waals surface area contributed by atoms with Crippen molar-refractivity contribution >= 4 is 28.5 Å². The first-order chi connectivity index (χ1) is 16.7. The standard InChI is InChI=1S/C28H32N4O3/c1-27(2,29)26(35)31-23(15-19-17-30-22-10-6-4-8-20(19)22)25(34)32-13-11-28(12-14-32)21-9-5-3-7-18(21)16-24(28)33/h3-10,17,23,30H,11-16,29H2,1-2H3,(H,31,35). The number of hydrogen-bond acceptors (Lipinski definition) is 4. The van der Waals surface area contributed by atoms with Crippen LogP contribution in [0.25, 0.3) is 10.9 Å². The summed E-state index contributed by atoms with van der Waals surface area (Å²) in [5, 5.41) is 3.93. The van der Waals surface area contributed by atoms with E-state index in [1.165, 1.54) is 0 Å². The molecule has 1 atom stereocenters. The largest absolute Gasteiger partial charge is 0.361 e. The van der Waals surface area contributed by atoms with Crippen LogP contribution in [0.5, 0.6) is 0 Å². The van der Waals surface area contributed by atoms with E-state index in [0.29, 0.717) is 38.8 Å². The number of nitrogens with one attached hydrogen (secondary N) is 2. The summed E-state index contributed by atoms with van der Waals surface area (Å²) in [7, 11) is 0. The fourth-order valence-electron chi connectivity index (χ4n) is 5.58. The summed E-state index contributed by atoms with van der Waals surface area (Å²) in [4.78, 5) is 44.6. The number of Topliss-reactive ketones (excluding diaryl/α,β-unsaturated/α-hetero) is 1. The van der Waals surface area contributed by atoms with Crippen LogP contribution < -0.4 is 11.1 Å². The Morgan fingerprint density at radius 2 is 1.80 bits per heavy atom. The first kappa shape index (κ1) is 23.3. The number of carbonyl (C=O) groups excluding carboxylic acids is 3. The van der Waals surface area contributed by atoms with Gasteiger partial charge in [-0.1, -0.05) is 42.5 Å². The number of nitrogens with zero attached hydrogens (tertiary/aromatic N) is 1. The number of rotatable bonds is 5. The van der Waals surface area contributed by atoms with Gasteiger partial charge in [-0.3, -0.25) is 14.4 Å². The van der Waals surface area contributed by atoms with Gasteiger partial charge in [-0.2, -0.15) is 0 Å². The van der Waals surface area contributed by atoms with Crippen LogP contribution in [0.1, 0.15) is 43.4 Å². The molecule has 0 saturated carbocycles. The number of aromatic nitrogens is 1. The van der Waals surface area contributed by atoms with Gasteiger partial charge in [-0.25, -0.2) is 0 Å². The number of para-hydroxylation sites is 1. The van der Waals surface area contributed by atoms with Gasteiger partial charge < -0.3 is 20.9 Å². The second-order valence-corrected chi connectivity index (χ2v) is 10.5. The molecule has 7 heteroatoms. The third-order valence-corrected chi connectivity index (χ3v) is 7.63. The van der Waals surface area contributed by atoms with Gasteiger partial charge in [0.15, 0.2) is 0 Å². The Labute approximate surface area is 205 Å². The first-order valence-corrected chi connectivity index (χ1v) is 12.2. The number of aromatic amines is 1. The molecule has 182 valence electrons. The van der Waals surface area contributed by atoms with E-state index in [2.05, 4.69) is 16.4 Å². The van der Waals surface area contributed by atoms with E-state index in [9.17, 15) is 14.4 Å². The summed E-state index contributed by atoms with van der Waals surface area (Å²) in [6.45, 7) is 4.21. The smallest absolute Gasteiger partial charge is 0.245 e. The molecule has 5 rings (SSSR count). The molecule has 4 N–H and O–H groups in total. The molecule has 1 aliphatic heterocycles. The molecule has 1 aliphatic carbocycles. The predicted octanol–water partition coefficient (Wildman–Crippen LogP) is 2.62. The lowest BCUT2D eigenvalue weighted by Crippen LogP contribution is -2.58. The Balaban J connectivity index is 1.37. The molecule has 1 unspecified atom stereocenters. The number of amides is 2. The predicted molar refractivity (Wildman–Crippen MR) is 135 cm³/mol. The summed E-state index contributed by atoms with van der Waals surface area (Å²) in [6.07, 6.45) is 3.92. The maximum Gasteiger partial charge on any atom is 0.245 e. The van der Waals surface area contributed by atoms with Crippen molar-refractivity contribution in [1.29, 1.82) is 0 Å². The summed E-state index contributed by atoms with van der Waals surface area (Å²) < 4.78 is 0. The number of ketones is 1. The second kappa shape index (κ2) is 8.64. The van der Waals surface area contributed by atoms with Gasteiger partial charge >= 0.3 is 0 Å². The Kier molecular flexibility index (Phi) is 5.75.